The molecule has 18 heavy (non-hydrogen) atoms. The first-order valence-electron chi connectivity index (χ1n) is 5.13. The quantitative estimate of drug-likeness (QED) is 0.668. The molecule has 0 amide bonds. The number of anilines is 1. The van der Waals surface area contributed by atoms with Gasteiger partial charge in [-0.2, -0.15) is 0 Å². The Labute approximate surface area is 111 Å². The fourth-order valence-corrected chi connectivity index (χ4v) is 1.94. The maximum atomic E-state index is 10.9. The van der Waals surface area contributed by atoms with E-state index in [0.717, 1.165) is 0 Å². The molecule has 8 heteroatoms. The molecule has 0 bridgehead atoms. The van der Waals surface area contributed by atoms with Gasteiger partial charge in [0.1, 0.15) is 17.7 Å². The van der Waals surface area contributed by atoms with Gasteiger partial charge in [0.2, 0.25) is 0 Å². The maximum absolute atomic E-state index is 10.9. The summed E-state index contributed by atoms with van der Waals surface area (Å²) in [7, 11) is 0. The van der Waals surface area contributed by atoms with E-state index in [1.54, 1.807) is 12.4 Å². The lowest BCUT2D eigenvalue weighted by Crippen LogP contribution is -2.10. The molecule has 0 aliphatic carbocycles. The van der Waals surface area contributed by atoms with Crippen molar-refractivity contribution >= 4 is 27.3 Å². The zero-order chi connectivity index (χ0) is 13.1. The summed E-state index contributed by atoms with van der Waals surface area (Å²) in [6, 6.07) is -0.183. The van der Waals surface area contributed by atoms with E-state index in [4.69, 9.17) is 0 Å². The number of hydrogen-bond acceptors (Lipinski definition) is 5. The molecule has 0 aliphatic rings. The number of rotatable bonds is 4. The second kappa shape index (κ2) is 5.13. The monoisotopic (exact) mass is 311 g/mol. The molecule has 2 aromatic heterocycles. The highest BCUT2D eigenvalue weighted by Gasteiger charge is 2.20. The van der Waals surface area contributed by atoms with E-state index in [1.165, 1.54) is 12.4 Å². The Morgan fingerprint density at radius 1 is 1.56 bits per heavy atom. The molecule has 0 saturated heterocycles. The number of halogens is 1. The Bertz CT molecular complexity index is 557. The van der Waals surface area contributed by atoms with E-state index in [-0.39, 0.29) is 11.7 Å². The van der Waals surface area contributed by atoms with Crippen LogP contribution in [0.2, 0.25) is 0 Å². The summed E-state index contributed by atoms with van der Waals surface area (Å²) in [5.74, 6) is 0.702. The van der Waals surface area contributed by atoms with Gasteiger partial charge in [0.25, 0.3) is 0 Å². The molecule has 0 saturated carbocycles. The number of nitrogens with one attached hydrogen (secondary N) is 2. The Balaban J connectivity index is 2.31. The van der Waals surface area contributed by atoms with Gasteiger partial charge in [-0.1, -0.05) is 0 Å². The van der Waals surface area contributed by atoms with Crippen LogP contribution >= 0.6 is 15.9 Å². The first-order valence-corrected chi connectivity index (χ1v) is 5.92. The van der Waals surface area contributed by atoms with Crippen LogP contribution in [0, 0.1) is 10.1 Å². The van der Waals surface area contributed by atoms with Crippen LogP contribution in [0.1, 0.15) is 18.8 Å². The predicted octanol–water partition coefficient (Wildman–Crippen LogP) is 2.65. The Hall–Kier alpha value is -1.96. The van der Waals surface area contributed by atoms with Crippen molar-refractivity contribution < 1.29 is 4.92 Å². The second-order valence-electron chi connectivity index (χ2n) is 3.61. The second-order valence-corrected chi connectivity index (χ2v) is 4.47. The predicted molar refractivity (Wildman–Crippen MR) is 69.2 cm³/mol. The number of aromatic amines is 1. The largest absolute Gasteiger partial charge is 0.369 e. The van der Waals surface area contributed by atoms with Crippen LogP contribution in [0.25, 0.3) is 0 Å². The topological polar surface area (TPSA) is 96.7 Å². The first-order chi connectivity index (χ1) is 8.59. The van der Waals surface area contributed by atoms with Crippen molar-refractivity contribution in [3.8, 4) is 0 Å². The SMILES string of the molecule is CC(Nc1c(Br)cncc1[N+](=O)[O-])c1ncc[nH]1. The highest BCUT2D eigenvalue weighted by molar-refractivity contribution is 9.10. The van der Waals surface area contributed by atoms with E-state index >= 15 is 0 Å². The highest BCUT2D eigenvalue weighted by atomic mass is 79.9. The molecule has 0 aromatic carbocycles. The third-order valence-electron chi connectivity index (χ3n) is 2.37. The van der Waals surface area contributed by atoms with E-state index in [9.17, 15) is 10.1 Å². The van der Waals surface area contributed by atoms with Gasteiger partial charge in [-0.05, 0) is 22.9 Å². The summed E-state index contributed by atoms with van der Waals surface area (Å²) in [4.78, 5) is 21.3. The lowest BCUT2D eigenvalue weighted by Gasteiger charge is -2.14. The van der Waals surface area contributed by atoms with Crippen molar-refractivity contribution in [2.45, 2.75) is 13.0 Å². The van der Waals surface area contributed by atoms with Crippen molar-refractivity contribution in [3.63, 3.8) is 0 Å². The fourth-order valence-electron chi connectivity index (χ4n) is 1.51. The number of imidazole rings is 1. The highest BCUT2D eigenvalue weighted by Crippen LogP contribution is 2.33. The van der Waals surface area contributed by atoms with Gasteiger partial charge in [0, 0.05) is 18.6 Å². The molecule has 0 radical (unpaired) electrons. The summed E-state index contributed by atoms with van der Waals surface area (Å²) < 4.78 is 0.537. The maximum Gasteiger partial charge on any atom is 0.311 e. The minimum Gasteiger partial charge on any atom is -0.369 e. The molecule has 0 fully saturated rings. The number of H-pyrrole nitrogens is 1. The molecule has 1 unspecified atom stereocenters. The molecule has 94 valence electrons. The molecular weight excluding hydrogens is 302 g/mol. The molecular formula is C10H10BrN5O2. The zero-order valence-corrected chi connectivity index (χ0v) is 11.0. The van der Waals surface area contributed by atoms with E-state index in [0.29, 0.717) is 16.0 Å². The summed E-state index contributed by atoms with van der Waals surface area (Å²) in [5, 5.41) is 14.0. The number of aromatic nitrogens is 3. The Kier molecular flexibility index (Phi) is 3.56. The van der Waals surface area contributed by atoms with Crippen molar-refractivity contribution in [1.29, 1.82) is 0 Å². The lowest BCUT2D eigenvalue weighted by atomic mass is 10.2. The average molecular weight is 312 g/mol. The van der Waals surface area contributed by atoms with Gasteiger partial charge < -0.3 is 10.3 Å². The van der Waals surface area contributed by atoms with Crippen LogP contribution in [-0.4, -0.2) is 19.9 Å². The smallest absolute Gasteiger partial charge is 0.311 e. The van der Waals surface area contributed by atoms with Crippen LogP contribution in [-0.2, 0) is 0 Å². The van der Waals surface area contributed by atoms with Gasteiger partial charge in [-0.25, -0.2) is 4.98 Å². The van der Waals surface area contributed by atoms with E-state index in [2.05, 4.69) is 36.2 Å². The van der Waals surface area contributed by atoms with Crippen molar-refractivity contribution in [3.05, 3.63) is 45.2 Å². The zero-order valence-electron chi connectivity index (χ0n) is 9.42. The first kappa shape index (κ1) is 12.5. The summed E-state index contributed by atoms with van der Waals surface area (Å²) in [6.07, 6.45) is 6.04. The average Bonchev–Trinajstić information content (AvgIpc) is 2.85. The van der Waals surface area contributed by atoms with Crippen LogP contribution in [0.4, 0.5) is 11.4 Å². The molecule has 2 aromatic rings. The lowest BCUT2D eigenvalue weighted by molar-refractivity contribution is -0.384. The summed E-state index contributed by atoms with van der Waals surface area (Å²) >= 11 is 3.25. The summed E-state index contributed by atoms with van der Waals surface area (Å²) in [6.45, 7) is 1.86. The number of nitro groups is 1. The minimum absolute atomic E-state index is 0.0808. The van der Waals surface area contributed by atoms with Crippen molar-refractivity contribution in [1.82, 2.24) is 15.0 Å². The third kappa shape index (κ3) is 2.48. The van der Waals surface area contributed by atoms with Crippen LogP contribution in [0.5, 0.6) is 0 Å². The van der Waals surface area contributed by atoms with Gasteiger partial charge in [-0.15, -0.1) is 0 Å². The normalized spacial score (nSPS) is 12.1. The van der Waals surface area contributed by atoms with E-state index in [1.807, 2.05) is 6.92 Å². The third-order valence-corrected chi connectivity index (χ3v) is 2.97. The molecule has 7 nitrogen and oxygen atoms in total. The number of pyridine rings is 1. The molecule has 2 heterocycles. The molecule has 0 spiro atoms. The molecule has 1 atom stereocenters. The van der Waals surface area contributed by atoms with Crippen molar-refractivity contribution in [2.24, 2.45) is 0 Å². The standard InChI is InChI=1S/C10H10BrN5O2/c1-6(10-13-2-3-14-10)15-9-7(11)4-12-5-8(9)16(17)18/h2-6H,1H3,(H,12,15)(H,13,14). The number of nitrogens with zero attached hydrogens (tertiary/aromatic N) is 3. The minimum atomic E-state index is -0.477. The number of hydrogen-bond donors (Lipinski definition) is 2. The van der Waals surface area contributed by atoms with Crippen molar-refractivity contribution in [2.75, 3.05) is 5.32 Å². The van der Waals surface area contributed by atoms with Crippen LogP contribution in [0.15, 0.2) is 29.3 Å². The summed E-state index contributed by atoms with van der Waals surface area (Å²) in [5.41, 5.74) is 0.307. The van der Waals surface area contributed by atoms with E-state index < -0.39 is 4.92 Å². The Morgan fingerprint density at radius 2 is 2.33 bits per heavy atom. The van der Waals surface area contributed by atoms with Crippen LogP contribution < -0.4 is 5.32 Å². The van der Waals surface area contributed by atoms with Crippen LogP contribution in [0.3, 0.4) is 0 Å². The fraction of sp³-hybridized carbons (Fsp3) is 0.200. The molecule has 2 N–H and O–H groups in total. The van der Waals surface area contributed by atoms with Gasteiger partial charge in [0.15, 0.2) is 0 Å². The molecule has 0 aliphatic heterocycles. The molecule has 2 rings (SSSR count). The Morgan fingerprint density at radius 3 is 2.94 bits per heavy atom. The van der Waals surface area contributed by atoms with Gasteiger partial charge in [-0.3, -0.25) is 15.1 Å². The van der Waals surface area contributed by atoms with Gasteiger partial charge in [0.05, 0.1) is 15.4 Å². The van der Waals surface area contributed by atoms with Gasteiger partial charge >= 0.3 is 5.69 Å².